The van der Waals surface area contributed by atoms with E-state index < -0.39 is 10.0 Å². The molecule has 1 heterocycles. The first-order valence-electron chi connectivity index (χ1n) is 8.72. The molecule has 1 fully saturated rings. The van der Waals surface area contributed by atoms with Gasteiger partial charge < -0.3 is 5.32 Å². The number of sulfonamides is 1. The zero-order chi connectivity index (χ0) is 17.3. The number of hydrogen-bond acceptors (Lipinski definition) is 3. The van der Waals surface area contributed by atoms with Crippen LogP contribution in [0.2, 0.25) is 0 Å². The van der Waals surface area contributed by atoms with Crippen molar-refractivity contribution in [3.8, 4) is 0 Å². The first kappa shape index (κ1) is 17.4. The molecule has 1 saturated heterocycles. The molecule has 0 aromatic heterocycles. The second-order valence-corrected chi connectivity index (χ2v) is 9.05. The summed E-state index contributed by atoms with van der Waals surface area (Å²) in [5.41, 5.74) is 3.95. The molecule has 6 heteroatoms. The van der Waals surface area contributed by atoms with Crippen LogP contribution >= 0.6 is 0 Å². The van der Waals surface area contributed by atoms with Crippen LogP contribution in [0.5, 0.6) is 0 Å². The molecule has 1 aliphatic carbocycles. The second kappa shape index (κ2) is 6.84. The number of nitrogens with one attached hydrogen (secondary N) is 1. The molecule has 1 amide bonds. The Morgan fingerprint density at radius 3 is 2.75 bits per heavy atom. The van der Waals surface area contributed by atoms with Crippen LogP contribution in [0.1, 0.15) is 48.9 Å². The first-order chi connectivity index (χ1) is 11.3. The van der Waals surface area contributed by atoms with Gasteiger partial charge >= 0.3 is 0 Å². The normalized spacial score (nSPS) is 22.8. The minimum Gasteiger partial charge on any atom is -0.349 e. The molecule has 1 N–H and O–H groups in total. The maximum Gasteiger partial charge on any atom is 0.224 e. The number of rotatable bonds is 4. The van der Waals surface area contributed by atoms with Crippen LogP contribution in [0.4, 0.5) is 0 Å². The van der Waals surface area contributed by atoms with E-state index >= 15 is 0 Å². The molecule has 1 aromatic rings. The maximum absolute atomic E-state index is 12.6. The fourth-order valence-corrected chi connectivity index (χ4v) is 4.64. The molecule has 2 aliphatic rings. The SMILES string of the molecule is C[C@@H](NC(=O)[C@@H]1CCCN(S(C)(=O)=O)C1)c1ccc2c(c1)CCC2. The molecule has 24 heavy (non-hydrogen) atoms. The molecular weight excluding hydrogens is 324 g/mol. The third kappa shape index (κ3) is 3.81. The summed E-state index contributed by atoms with van der Waals surface area (Å²) in [7, 11) is -3.23. The zero-order valence-corrected chi connectivity index (χ0v) is 15.2. The van der Waals surface area contributed by atoms with Crippen LogP contribution in [0, 0.1) is 5.92 Å². The summed E-state index contributed by atoms with van der Waals surface area (Å²) in [6.07, 6.45) is 6.17. The number of piperidine rings is 1. The van der Waals surface area contributed by atoms with E-state index in [0.29, 0.717) is 13.1 Å². The van der Waals surface area contributed by atoms with E-state index in [-0.39, 0.29) is 17.9 Å². The van der Waals surface area contributed by atoms with Crippen LogP contribution in [0.15, 0.2) is 18.2 Å². The number of hydrogen-bond donors (Lipinski definition) is 1. The van der Waals surface area contributed by atoms with Gasteiger partial charge in [0.1, 0.15) is 0 Å². The number of aryl methyl sites for hydroxylation is 2. The van der Waals surface area contributed by atoms with Crippen LogP contribution in [-0.2, 0) is 27.7 Å². The van der Waals surface area contributed by atoms with Crippen LogP contribution in [-0.4, -0.2) is 38.0 Å². The summed E-state index contributed by atoms with van der Waals surface area (Å²) in [5, 5.41) is 3.07. The summed E-state index contributed by atoms with van der Waals surface area (Å²) >= 11 is 0. The van der Waals surface area contributed by atoms with Crippen molar-refractivity contribution < 1.29 is 13.2 Å². The van der Waals surface area contributed by atoms with E-state index in [1.54, 1.807) is 0 Å². The lowest BCUT2D eigenvalue weighted by atomic mass is 9.97. The van der Waals surface area contributed by atoms with Gasteiger partial charge in [-0.25, -0.2) is 12.7 Å². The Morgan fingerprint density at radius 2 is 2.00 bits per heavy atom. The highest BCUT2D eigenvalue weighted by Gasteiger charge is 2.30. The van der Waals surface area contributed by atoms with Gasteiger partial charge in [0, 0.05) is 13.1 Å². The lowest BCUT2D eigenvalue weighted by molar-refractivity contribution is -0.126. The molecule has 0 bridgehead atoms. The standard InChI is InChI=1S/C18H26N2O3S/c1-13(15-9-8-14-5-3-6-16(14)11-15)19-18(21)17-7-4-10-20(12-17)24(2,22)23/h8-9,11,13,17H,3-7,10,12H2,1-2H3,(H,19,21)/t13-,17-/m1/s1. The monoisotopic (exact) mass is 350 g/mol. The van der Waals surface area contributed by atoms with E-state index in [9.17, 15) is 13.2 Å². The Kier molecular flexibility index (Phi) is 4.97. The van der Waals surface area contributed by atoms with E-state index in [1.165, 1.54) is 28.1 Å². The molecule has 5 nitrogen and oxygen atoms in total. The maximum atomic E-state index is 12.6. The predicted molar refractivity (Wildman–Crippen MR) is 94.2 cm³/mol. The number of nitrogens with zero attached hydrogens (tertiary/aromatic N) is 1. The van der Waals surface area contributed by atoms with Gasteiger partial charge in [-0.3, -0.25) is 4.79 Å². The molecule has 1 aromatic carbocycles. The van der Waals surface area contributed by atoms with Gasteiger partial charge in [-0.15, -0.1) is 0 Å². The van der Waals surface area contributed by atoms with Crippen molar-refractivity contribution in [1.29, 1.82) is 0 Å². The van der Waals surface area contributed by atoms with Crippen molar-refractivity contribution >= 4 is 15.9 Å². The molecule has 0 spiro atoms. The fraction of sp³-hybridized carbons (Fsp3) is 0.611. The van der Waals surface area contributed by atoms with Crippen molar-refractivity contribution in [2.24, 2.45) is 5.92 Å². The van der Waals surface area contributed by atoms with Crippen molar-refractivity contribution in [1.82, 2.24) is 9.62 Å². The molecular formula is C18H26N2O3S. The van der Waals surface area contributed by atoms with Crippen LogP contribution < -0.4 is 5.32 Å². The third-order valence-electron chi connectivity index (χ3n) is 5.21. The zero-order valence-electron chi connectivity index (χ0n) is 14.4. The van der Waals surface area contributed by atoms with Gasteiger partial charge in [-0.05, 0) is 55.7 Å². The summed E-state index contributed by atoms with van der Waals surface area (Å²) in [4.78, 5) is 12.6. The molecule has 0 radical (unpaired) electrons. The van der Waals surface area contributed by atoms with Gasteiger partial charge in [-0.1, -0.05) is 18.2 Å². The van der Waals surface area contributed by atoms with Gasteiger partial charge in [0.2, 0.25) is 15.9 Å². The van der Waals surface area contributed by atoms with Crippen molar-refractivity contribution in [2.75, 3.05) is 19.3 Å². The molecule has 0 unspecified atom stereocenters. The number of carbonyl (C=O) groups excluding carboxylic acids is 1. The van der Waals surface area contributed by atoms with Crippen LogP contribution in [0.3, 0.4) is 0 Å². The van der Waals surface area contributed by atoms with Crippen molar-refractivity contribution in [3.05, 3.63) is 34.9 Å². The highest BCUT2D eigenvalue weighted by atomic mass is 32.2. The van der Waals surface area contributed by atoms with Crippen molar-refractivity contribution in [2.45, 2.75) is 45.1 Å². The number of benzene rings is 1. The highest BCUT2D eigenvalue weighted by Crippen LogP contribution is 2.26. The minimum atomic E-state index is -3.23. The average molecular weight is 350 g/mol. The summed E-state index contributed by atoms with van der Waals surface area (Å²) < 4.78 is 24.8. The molecule has 1 aliphatic heterocycles. The number of fused-ring (bicyclic) bond motifs is 1. The van der Waals surface area contributed by atoms with Gasteiger partial charge in [-0.2, -0.15) is 0 Å². The second-order valence-electron chi connectivity index (χ2n) is 7.07. The van der Waals surface area contributed by atoms with E-state index in [1.807, 2.05) is 6.92 Å². The first-order valence-corrected chi connectivity index (χ1v) is 10.6. The van der Waals surface area contributed by atoms with Crippen molar-refractivity contribution in [3.63, 3.8) is 0 Å². The minimum absolute atomic E-state index is 0.0450. The smallest absolute Gasteiger partial charge is 0.224 e. The number of carbonyl (C=O) groups is 1. The highest BCUT2D eigenvalue weighted by molar-refractivity contribution is 7.88. The molecule has 132 valence electrons. The number of amides is 1. The average Bonchev–Trinajstić information content (AvgIpc) is 3.01. The Bertz CT molecular complexity index is 730. The van der Waals surface area contributed by atoms with E-state index in [0.717, 1.165) is 31.2 Å². The van der Waals surface area contributed by atoms with E-state index in [2.05, 4.69) is 23.5 Å². The summed E-state index contributed by atoms with van der Waals surface area (Å²) in [6, 6.07) is 6.42. The molecule has 3 rings (SSSR count). The Hall–Kier alpha value is -1.40. The lowest BCUT2D eigenvalue weighted by Crippen LogP contribution is -2.45. The van der Waals surface area contributed by atoms with Gasteiger partial charge in [0.25, 0.3) is 0 Å². The fourth-order valence-electron chi connectivity index (χ4n) is 3.73. The Labute approximate surface area is 144 Å². The largest absolute Gasteiger partial charge is 0.349 e. The van der Waals surface area contributed by atoms with Gasteiger partial charge in [0.15, 0.2) is 0 Å². The molecule has 2 atom stereocenters. The van der Waals surface area contributed by atoms with E-state index in [4.69, 9.17) is 0 Å². The lowest BCUT2D eigenvalue weighted by Gasteiger charge is -2.31. The Balaban J connectivity index is 1.63. The quantitative estimate of drug-likeness (QED) is 0.903. The summed E-state index contributed by atoms with van der Waals surface area (Å²) in [5.74, 6) is -0.304. The third-order valence-corrected chi connectivity index (χ3v) is 6.47. The van der Waals surface area contributed by atoms with Crippen LogP contribution in [0.25, 0.3) is 0 Å². The Morgan fingerprint density at radius 1 is 1.25 bits per heavy atom. The predicted octanol–water partition coefficient (Wildman–Crippen LogP) is 2.02. The summed E-state index contributed by atoms with van der Waals surface area (Å²) in [6.45, 7) is 2.80. The molecule has 0 saturated carbocycles. The topological polar surface area (TPSA) is 66.5 Å². The van der Waals surface area contributed by atoms with Gasteiger partial charge in [0.05, 0.1) is 18.2 Å².